The minimum atomic E-state index is -3.38. The number of rotatable bonds is 3. The number of carbonyl (C=O) groups excluding carboxylic acids is 1. The summed E-state index contributed by atoms with van der Waals surface area (Å²) in [5, 5.41) is 3.09. The van der Waals surface area contributed by atoms with E-state index < -0.39 is 21.6 Å². The van der Waals surface area contributed by atoms with Crippen molar-refractivity contribution in [3.8, 4) is 0 Å². The van der Waals surface area contributed by atoms with Crippen molar-refractivity contribution in [3.63, 3.8) is 0 Å². The zero-order valence-electron chi connectivity index (χ0n) is 13.0. The van der Waals surface area contributed by atoms with Crippen molar-refractivity contribution >= 4 is 32.4 Å². The lowest BCUT2D eigenvalue weighted by Gasteiger charge is -2.05. The molecular weight excluding hydrogens is 333 g/mol. The highest BCUT2D eigenvalue weighted by Gasteiger charge is 2.20. The van der Waals surface area contributed by atoms with Crippen molar-refractivity contribution < 1.29 is 22.0 Å². The minimum absolute atomic E-state index is 0.0140. The maximum atomic E-state index is 13.8. The van der Waals surface area contributed by atoms with Crippen LogP contribution in [0.1, 0.15) is 16.1 Å². The SMILES string of the molecule is Cc1c(C(=O)Nc2cccc(S(C)(=O)=O)c2)oc2c(F)cccc12. The molecule has 0 bridgehead atoms. The zero-order valence-corrected chi connectivity index (χ0v) is 13.8. The van der Waals surface area contributed by atoms with E-state index in [1.807, 2.05) is 0 Å². The molecule has 5 nitrogen and oxygen atoms in total. The molecule has 1 amide bonds. The van der Waals surface area contributed by atoms with Gasteiger partial charge in [0.2, 0.25) is 0 Å². The molecule has 24 heavy (non-hydrogen) atoms. The third-order valence-corrected chi connectivity index (χ3v) is 4.75. The molecule has 0 aliphatic carbocycles. The van der Waals surface area contributed by atoms with E-state index in [4.69, 9.17) is 4.42 Å². The first-order valence-corrected chi connectivity index (χ1v) is 8.95. The fraction of sp³-hybridized carbons (Fsp3) is 0.118. The number of fused-ring (bicyclic) bond motifs is 1. The normalized spacial score (nSPS) is 11.6. The predicted molar refractivity (Wildman–Crippen MR) is 88.4 cm³/mol. The van der Waals surface area contributed by atoms with Crippen molar-refractivity contribution in [1.82, 2.24) is 0 Å². The Labute approximate surface area is 138 Å². The molecule has 1 aromatic heterocycles. The molecule has 0 spiro atoms. The van der Waals surface area contributed by atoms with Crippen LogP contribution in [0.3, 0.4) is 0 Å². The Bertz CT molecular complexity index is 1050. The quantitative estimate of drug-likeness (QED) is 0.786. The highest BCUT2D eigenvalue weighted by Crippen LogP contribution is 2.28. The molecule has 0 saturated carbocycles. The monoisotopic (exact) mass is 347 g/mol. The Hall–Kier alpha value is -2.67. The largest absolute Gasteiger partial charge is 0.448 e. The van der Waals surface area contributed by atoms with E-state index in [-0.39, 0.29) is 16.2 Å². The van der Waals surface area contributed by atoms with Gasteiger partial charge in [-0.1, -0.05) is 18.2 Å². The molecule has 0 unspecified atom stereocenters. The minimum Gasteiger partial charge on any atom is -0.448 e. The van der Waals surface area contributed by atoms with Gasteiger partial charge in [0, 0.05) is 22.9 Å². The number of carbonyl (C=O) groups is 1. The van der Waals surface area contributed by atoms with Crippen LogP contribution < -0.4 is 5.32 Å². The topological polar surface area (TPSA) is 76.4 Å². The molecule has 7 heteroatoms. The van der Waals surface area contributed by atoms with E-state index in [9.17, 15) is 17.6 Å². The number of hydrogen-bond donors (Lipinski definition) is 1. The number of hydrogen-bond acceptors (Lipinski definition) is 4. The van der Waals surface area contributed by atoms with Crippen LogP contribution in [0, 0.1) is 12.7 Å². The lowest BCUT2D eigenvalue weighted by Crippen LogP contribution is -2.12. The van der Waals surface area contributed by atoms with Crippen molar-refractivity contribution in [2.75, 3.05) is 11.6 Å². The van der Waals surface area contributed by atoms with Crippen molar-refractivity contribution in [1.29, 1.82) is 0 Å². The van der Waals surface area contributed by atoms with Gasteiger partial charge < -0.3 is 9.73 Å². The first-order chi connectivity index (χ1) is 11.3. The van der Waals surface area contributed by atoms with Crippen LogP contribution in [-0.4, -0.2) is 20.6 Å². The molecule has 124 valence electrons. The second-order valence-electron chi connectivity index (χ2n) is 5.43. The maximum absolute atomic E-state index is 13.8. The number of amides is 1. The smallest absolute Gasteiger partial charge is 0.291 e. The van der Waals surface area contributed by atoms with Gasteiger partial charge in [-0.2, -0.15) is 0 Å². The third-order valence-electron chi connectivity index (χ3n) is 3.64. The first kappa shape index (κ1) is 16.2. The van der Waals surface area contributed by atoms with Crippen LogP contribution in [0.15, 0.2) is 51.8 Å². The van der Waals surface area contributed by atoms with E-state index in [1.54, 1.807) is 19.1 Å². The number of furan rings is 1. The van der Waals surface area contributed by atoms with E-state index in [1.165, 1.54) is 30.3 Å². The number of anilines is 1. The van der Waals surface area contributed by atoms with Crippen molar-refractivity contribution in [3.05, 3.63) is 59.6 Å². The van der Waals surface area contributed by atoms with Gasteiger partial charge in [0.25, 0.3) is 5.91 Å². The summed E-state index contributed by atoms with van der Waals surface area (Å²) in [7, 11) is -3.38. The van der Waals surface area contributed by atoms with E-state index in [0.29, 0.717) is 16.6 Å². The lowest BCUT2D eigenvalue weighted by molar-refractivity contribution is 0.0997. The zero-order chi connectivity index (χ0) is 17.5. The Morgan fingerprint density at radius 3 is 2.54 bits per heavy atom. The van der Waals surface area contributed by atoms with E-state index in [0.717, 1.165) is 6.26 Å². The highest BCUT2D eigenvalue weighted by molar-refractivity contribution is 7.90. The Kier molecular flexibility index (Phi) is 3.88. The average molecular weight is 347 g/mol. The molecular formula is C17H14FNO4S. The van der Waals surface area contributed by atoms with E-state index >= 15 is 0 Å². The molecule has 0 aliphatic heterocycles. The molecule has 2 aromatic carbocycles. The Balaban J connectivity index is 1.97. The third kappa shape index (κ3) is 2.90. The number of aryl methyl sites for hydroxylation is 1. The van der Waals surface area contributed by atoms with E-state index in [2.05, 4.69) is 5.32 Å². The number of halogens is 1. The highest BCUT2D eigenvalue weighted by atomic mass is 32.2. The molecule has 0 atom stereocenters. The molecule has 0 radical (unpaired) electrons. The summed E-state index contributed by atoms with van der Waals surface area (Å²) in [4.78, 5) is 12.5. The second kappa shape index (κ2) is 5.76. The summed E-state index contributed by atoms with van der Waals surface area (Å²) in [5.41, 5.74) is 0.842. The van der Waals surface area contributed by atoms with Gasteiger partial charge in [0.15, 0.2) is 27.0 Å². The van der Waals surface area contributed by atoms with Gasteiger partial charge in [0.05, 0.1) is 4.90 Å². The number of nitrogens with one attached hydrogen (secondary N) is 1. The molecule has 0 saturated heterocycles. The predicted octanol–water partition coefficient (Wildman–Crippen LogP) is 3.54. The summed E-state index contributed by atoms with van der Waals surface area (Å²) in [6, 6.07) is 10.3. The lowest BCUT2D eigenvalue weighted by atomic mass is 10.1. The number of sulfone groups is 1. The van der Waals surface area contributed by atoms with Crippen LogP contribution in [0.2, 0.25) is 0 Å². The summed E-state index contributed by atoms with van der Waals surface area (Å²) in [6.45, 7) is 1.66. The van der Waals surface area contributed by atoms with Gasteiger partial charge in [0.1, 0.15) is 0 Å². The van der Waals surface area contributed by atoms with Crippen LogP contribution in [0.5, 0.6) is 0 Å². The fourth-order valence-electron chi connectivity index (χ4n) is 2.42. The molecule has 3 rings (SSSR count). The molecule has 0 aliphatic rings. The molecule has 1 heterocycles. The standard InChI is InChI=1S/C17H14FNO4S/c1-10-13-7-4-8-14(18)16(13)23-15(10)17(20)19-11-5-3-6-12(9-11)24(2,21)22/h3-9H,1-2H3,(H,19,20). The summed E-state index contributed by atoms with van der Waals surface area (Å²) >= 11 is 0. The van der Waals surface area contributed by atoms with Gasteiger partial charge in [-0.3, -0.25) is 4.79 Å². The number of benzene rings is 2. The average Bonchev–Trinajstić information content (AvgIpc) is 2.86. The van der Waals surface area contributed by atoms with Gasteiger partial charge in [-0.05, 0) is 31.2 Å². The molecule has 3 aromatic rings. The summed E-state index contributed by atoms with van der Waals surface area (Å²) in [5.74, 6) is -1.14. The van der Waals surface area contributed by atoms with Crippen LogP contribution in [0.25, 0.3) is 11.0 Å². The van der Waals surface area contributed by atoms with Crippen LogP contribution >= 0.6 is 0 Å². The number of para-hydroxylation sites is 1. The Morgan fingerprint density at radius 1 is 1.17 bits per heavy atom. The summed E-state index contributed by atoms with van der Waals surface area (Å²) < 4.78 is 42.3. The first-order valence-electron chi connectivity index (χ1n) is 7.06. The van der Waals surface area contributed by atoms with Crippen LogP contribution in [-0.2, 0) is 9.84 Å². The van der Waals surface area contributed by atoms with Crippen molar-refractivity contribution in [2.24, 2.45) is 0 Å². The fourth-order valence-corrected chi connectivity index (χ4v) is 3.08. The van der Waals surface area contributed by atoms with Gasteiger partial charge >= 0.3 is 0 Å². The van der Waals surface area contributed by atoms with Crippen LogP contribution in [0.4, 0.5) is 10.1 Å². The maximum Gasteiger partial charge on any atom is 0.291 e. The second-order valence-corrected chi connectivity index (χ2v) is 7.44. The summed E-state index contributed by atoms with van der Waals surface area (Å²) in [6.07, 6.45) is 1.08. The van der Waals surface area contributed by atoms with Gasteiger partial charge in [-0.15, -0.1) is 0 Å². The Morgan fingerprint density at radius 2 is 1.88 bits per heavy atom. The van der Waals surface area contributed by atoms with Crippen molar-refractivity contribution in [2.45, 2.75) is 11.8 Å². The molecule has 1 N–H and O–H groups in total. The van der Waals surface area contributed by atoms with Gasteiger partial charge in [-0.25, -0.2) is 12.8 Å². The molecule has 0 fully saturated rings.